The van der Waals surface area contributed by atoms with Gasteiger partial charge >= 0.3 is 0 Å². The number of thiazole rings is 1. The molecule has 28 heavy (non-hydrogen) atoms. The number of likely N-dealkylation sites (N-methyl/N-ethyl adjacent to an activating group) is 1. The second-order valence-electron chi connectivity index (χ2n) is 7.01. The van der Waals surface area contributed by atoms with Gasteiger partial charge in [0, 0.05) is 42.3 Å². The Balaban J connectivity index is 1.66. The molecular formula is C18H21N5O3S2. The highest BCUT2D eigenvalue weighted by molar-refractivity contribution is 7.94. The molecule has 8 nitrogen and oxygen atoms in total. The van der Waals surface area contributed by atoms with Gasteiger partial charge in [-0.05, 0) is 44.2 Å². The predicted molar refractivity (Wildman–Crippen MR) is 110 cm³/mol. The van der Waals surface area contributed by atoms with Crippen LogP contribution in [0.4, 0.5) is 10.8 Å². The van der Waals surface area contributed by atoms with E-state index in [0.29, 0.717) is 11.4 Å². The van der Waals surface area contributed by atoms with Crippen LogP contribution in [0.5, 0.6) is 0 Å². The van der Waals surface area contributed by atoms with Crippen LogP contribution in [-0.4, -0.2) is 42.8 Å². The summed E-state index contributed by atoms with van der Waals surface area (Å²) in [5.41, 5.74) is 4.29. The van der Waals surface area contributed by atoms with Crippen molar-refractivity contribution in [3.05, 3.63) is 35.2 Å². The molecule has 10 heteroatoms. The van der Waals surface area contributed by atoms with Gasteiger partial charge in [-0.2, -0.15) is 0 Å². The van der Waals surface area contributed by atoms with E-state index in [-0.39, 0.29) is 15.2 Å². The molecule has 0 spiro atoms. The van der Waals surface area contributed by atoms with Crippen molar-refractivity contribution in [3.8, 4) is 0 Å². The Bertz CT molecular complexity index is 1180. The lowest BCUT2D eigenvalue weighted by Gasteiger charge is -2.22. The average Bonchev–Trinajstić information content (AvgIpc) is 3.13. The lowest BCUT2D eigenvalue weighted by molar-refractivity contribution is -0.114. The molecule has 0 bridgehead atoms. The van der Waals surface area contributed by atoms with E-state index in [1.165, 1.54) is 18.2 Å². The van der Waals surface area contributed by atoms with E-state index in [0.717, 1.165) is 41.8 Å². The number of nitrogens with one attached hydrogen (secondary N) is 3. The fourth-order valence-electron chi connectivity index (χ4n) is 3.48. The fraction of sp³-hybridized carbons (Fsp3) is 0.333. The third kappa shape index (κ3) is 3.50. The maximum absolute atomic E-state index is 12.9. The first-order valence-corrected chi connectivity index (χ1v) is 11.1. The second-order valence-corrected chi connectivity index (χ2v) is 9.89. The maximum Gasteiger partial charge on any atom is 0.273 e. The lowest BCUT2D eigenvalue weighted by atomic mass is 10.0. The Morgan fingerprint density at radius 2 is 2.14 bits per heavy atom. The van der Waals surface area contributed by atoms with Gasteiger partial charge in [0.2, 0.25) is 5.91 Å². The molecule has 148 valence electrons. The van der Waals surface area contributed by atoms with Crippen molar-refractivity contribution >= 4 is 49.0 Å². The van der Waals surface area contributed by atoms with Gasteiger partial charge in [-0.15, -0.1) is 0 Å². The van der Waals surface area contributed by atoms with Crippen LogP contribution in [0.1, 0.15) is 23.9 Å². The van der Waals surface area contributed by atoms with E-state index in [1.54, 1.807) is 13.0 Å². The maximum atomic E-state index is 12.9. The highest BCUT2D eigenvalue weighted by Crippen LogP contribution is 2.32. The van der Waals surface area contributed by atoms with Gasteiger partial charge in [0.25, 0.3) is 10.0 Å². The molecule has 1 amide bonds. The number of hydrogen-bond donors (Lipinski definition) is 3. The summed E-state index contributed by atoms with van der Waals surface area (Å²) in [6.07, 6.45) is 0.927. The van der Waals surface area contributed by atoms with E-state index in [2.05, 4.69) is 32.0 Å². The summed E-state index contributed by atoms with van der Waals surface area (Å²) in [5.74, 6) is -0.293. The van der Waals surface area contributed by atoms with E-state index in [4.69, 9.17) is 0 Å². The molecule has 0 atom stereocenters. The number of carbonyl (C=O) groups is 1. The number of amides is 1. The largest absolute Gasteiger partial charge is 0.357 e. The summed E-state index contributed by atoms with van der Waals surface area (Å²) < 4.78 is 28.5. The average molecular weight is 420 g/mol. The molecule has 1 aliphatic rings. The van der Waals surface area contributed by atoms with E-state index < -0.39 is 10.0 Å². The van der Waals surface area contributed by atoms with E-state index in [1.807, 2.05) is 12.1 Å². The third-order valence-electron chi connectivity index (χ3n) is 4.70. The van der Waals surface area contributed by atoms with Crippen molar-refractivity contribution in [2.24, 2.45) is 0 Å². The molecule has 3 heterocycles. The number of aryl methyl sites for hydroxylation is 1. The van der Waals surface area contributed by atoms with Gasteiger partial charge < -0.3 is 15.2 Å². The molecule has 1 aliphatic heterocycles. The Morgan fingerprint density at radius 3 is 2.89 bits per heavy atom. The van der Waals surface area contributed by atoms with E-state index in [9.17, 15) is 13.2 Å². The Hall–Kier alpha value is -2.43. The van der Waals surface area contributed by atoms with Crippen molar-refractivity contribution in [2.75, 3.05) is 23.6 Å². The van der Waals surface area contributed by atoms with Gasteiger partial charge in [0.05, 0.1) is 5.69 Å². The molecule has 0 unspecified atom stereocenters. The van der Waals surface area contributed by atoms with Crippen LogP contribution < -0.4 is 10.0 Å². The Morgan fingerprint density at radius 1 is 1.36 bits per heavy atom. The Kier molecular flexibility index (Phi) is 4.64. The zero-order valence-electron chi connectivity index (χ0n) is 15.8. The lowest BCUT2D eigenvalue weighted by Crippen LogP contribution is -2.26. The minimum absolute atomic E-state index is 0.0917. The normalized spacial score (nSPS) is 14.8. The van der Waals surface area contributed by atoms with Crippen molar-refractivity contribution < 1.29 is 13.2 Å². The van der Waals surface area contributed by atoms with Crippen molar-refractivity contribution in [2.45, 2.75) is 31.0 Å². The molecule has 4 rings (SSSR count). The number of aromatic nitrogens is 2. The molecule has 3 aromatic rings. The van der Waals surface area contributed by atoms with Crippen LogP contribution in [0.2, 0.25) is 0 Å². The standard InChI is InChI=1S/C18H21N5O3S2/c1-10-17(27-18(19-10)20-11(2)24)28(25,26)22-12-4-5-15-14(8-12)13-6-7-23(3)9-16(13)21-15/h4-5,8,21-22H,6-7,9H2,1-3H3,(H,19,20,24). The first-order chi connectivity index (χ1) is 13.2. The number of sulfonamides is 1. The number of anilines is 2. The molecule has 3 N–H and O–H groups in total. The molecule has 0 radical (unpaired) electrons. The highest BCUT2D eigenvalue weighted by Gasteiger charge is 2.23. The number of hydrogen-bond acceptors (Lipinski definition) is 6. The van der Waals surface area contributed by atoms with Gasteiger partial charge in [-0.3, -0.25) is 9.52 Å². The molecule has 0 saturated carbocycles. The number of nitrogens with zero attached hydrogens (tertiary/aromatic N) is 2. The predicted octanol–water partition coefficient (Wildman–Crippen LogP) is 2.68. The first kappa shape index (κ1) is 18.9. The number of carbonyl (C=O) groups excluding carboxylic acids is 1. The summed E-state index contributed by atoms with van der Waals surface area (Å²) >= 11 is 0.937. The van der Waals surface area contributed by atoms with Gasteiger partial charge in [0.1, 0.15) is 0 Å². The number of H-pyrrole nitrogens is 1. The molecular weight excluding hydrogens is 398 g/mol. The van der Waals surface area contributed by atoms with E-state index >= 15 is 0 Å². The molecule has 0 fully saturated rings. The molecule has 1 aromatic carbocycles. The third-order valence-corrected chi connectivity index (χ3v) is 7.76. The Labute approximate surface area is 167 Å². The summed E-state index contributed by atoms with van der Waals surface area (Å²) in [5, 5.41) is 3.84. The van der Waals surface area contributed by atoms with Crippen LogP contribution in [-0.2, 0) is 27.8 Å². The number of benzene rings is 1. The SMILES string of the molecule is CC(=O)Nc1nc(C)c(S(=O)(=O)Nc2ccc3[nH]c4c(c3c2)CCN(C)C4)s1. The summed E-state index contributed by atoms with van der Waals surface area (Å²) in [4.78, 5) is 21.0. The molecule has 0 aliphatic carbocycles. The van der Waals surface area contributed by atoms with Gasteiger partial charge in [-0.1, -0.05) is 11.3 Å². The van der Waals surface area contributed by atoms with Crippen LogP contribution in [0.15, 0.2) is 22.4 Å². The smallest absolute Gasteiger partial charge is 0.273 e. The fourth-order valence-corrected chi connectivity index (χ4v) is 5.99. The van der Waals surface area contributed by atoms with Crippen molar-refractivity contribution in [1.29, 1.82) is 0 Å². The topological polar surface area (TPSA) is 107 Å². The quantitative estimate of drug-likeness (QED) is 0.603. The van der Waals surface area contributed by atoms with Gasteiger partial charge in [-0.25, -0.2) is 13.4 Å². The first-order valence-electron chi connectivity index (χ1n) is 8.83. The summed E-state index contributed by atoms with van der Waals surface area (Å²) in [6, 6.07) is 5.52. The minimum atomic E-state index is -3.80. The van der Waals surface area contributed by atoms with Gasteiger partial charge in [0.15, 0.2) is 9.34 Å². The molecule has 2 aromatic heterocycles. The zero-order valence-corrected chi connectivity index (χ0v) is 17.4. The number of fused-ring (bicyclic) bond motifs is 3. The number of rotatable bonds is 4. The summed E-state index contributed by atoms with van der Waals surface area (Å²) in [7, 11) is -1.72. The second kappa shape index (κ2) is 6.87. The van der Waals surface area contributed by atoms with Crippen LogP contribution in [0.25, 0.3) is 10.9 Å². The number of aromatic amines is 1. The highest BCUT2D eigenvalue weighted by atomic mass is 32.2. The zero-order chi connectivity index (χ0) is 20.1. The van der Waals surface area contributed by atoms with Crippen molar-refractivity contribution in [3.63, 3.8) is 0 Å². The summed E-state index contributed by atoms with van der Waals surface area (Å²) in [6.45, 7) is 4.80. The monoisotopic (exact) mass is 419 g/mol. The molecule has 0 saturated heterocycles. The minimum Gasteiger partial charge on any atom is -0.357 e. The van der Waals surface area contributed by atoms with Crippen LogP contribution in [0.3, 0.4) is 0 Å². The van der Waals surface area contributed by atoms with Crippen molar-refractivity contribution in [1.82, 2.24) is 14.9 Å². The van der Waals surface area contributed by atoms with Crippen LogP contribution in [0, 0.1) is 6.92 Å². The van der Waals surface area contributed by atoms with Crippen LogP contribution >= 0.6 is 11.3 Å².